The van der Waals surface area contributed by atoms with Crippen LogP contribution in [0.4, 0.5) is 30.7 Å². The number of rotatable bonds is 1. The molecule has 7 heteroatoms. The summed E-state index contributed by atoms with van der Waals surface area (Å²) in [5.41, 5.74) is -5.43. The lowest BCUT2D eigenvalue weighted by molar-refractivity contribution is -0.322. The Morgan fingerprint density at radius 2 is 1.00 bits per heavy atom. The highest BCUT2D eigenvalue weighted by Gasteiger charge is 2.70. The molecule has 0 aromatic carbocycles. The zero-order valence-electron chi connectivity index (χ0n) is 5.30. The van der Waals surface area contributed by atoms with Crippen LogP contribution in [-0.4, -0.2) is 18.0 Å². The molecule has 1 radical (unpaired) electrons. The van der Waals surface area contributed by atoms with Crippen LogP contribution in [0.3, 0.4) is 0 Å². The average Bonchev–Trinajstić information content (AvgIpc) is 1.81. The second-order valence-corrected chi connectivity index (χ2v) is 1.87. The van der Waals surface area contributed by atoms with Gasteiger partial charge in [-0.25, -0.2) is 4.39 Å². The van der Waals surface area contributed by atoms with Gasteiger partial charge in [-0.15, -0.1) is 0 Å². The molecule has 0 aliphatic heterocycles. The molecule has 71 valence electrons. The topological polar surface area (TPSA) is 0 Å². The van der Waals surface area contributed by atoms with Crippen LogP contribution in [0.15, 0.2) is 6.08 Å². The number of hydrogen-bond donors (Lipinski definition) is 0. The highest BCUT2D eigenvalue weighted by molar-refractivity contribution is 5.06. The van der Waals surface area contributed by atoms with Crippen molar-refractivity contribution in [1.29, 1.82) is 0 Å². The third-order valence-corrected chi connectivity index (χ3v) is 1.05. The number of hydrogen-bond acceptors (Lipinski definition) is 0. The van der Waals surface area contributed by atoms with Crippen molar-refractivity contribution in [3.63, 3.8) is 0 Å². The quantitative estimate of drug-likeness (QED) is 0.564. The first kappa shape index (κ1) is 11.2. The van der Waals surface area contributed by atoms with Gasteiger partial charge in [-0.05, 0) is 6.08 Å². The number of allylic oxidation sites excluding steroid dienone is 1. The van der Waals surface area contributed by atoms with Crippen LogP contribution < -0.4 is 0 Å². The normalized spacial score (nSPS) is 14.6. The lowest BCUT2D eigenvalue weighted by Crippen LogP contribution is -2.51. The summed E-state index contributed by atoms with van der Waals surface area (Å²) in [6.07, 6.45) is -13.2. The van der Waals surface area contributed by atoms with Crippen molar-refractivity contribution in [2.75, 3.05) is 0 Å². The van der Waals surface area contributed by atoms with Crippen LogP contribution in [0.25, 0.3) is 0 Å². The van der Waals surface area contributed by atoms with E-state index in [-0.39, 0.29) is 0 Å². The van der Waals surface area contributed by atoms with Crippen molar-refractivity contribution in [3.05, 3.63) is 12.7 Å². The fraction of sp³-hybridized carbons (Fsp3) is 0.600. The van der Waals surface area contributed by atoms with Crippen molar-refractivity contribution in [2.45, 2.75) is 18.0 Å². The van der Waals surface area contributed by atoms with E-state index in [1.807, 2.05) is 0 Å². The van der Waals surface area contributed by atoms with Gasteiger partial charge in [0.1, 0.15) is 0 Å². The Morgan fingerprint density at radius 1 is 0.750 bits per heavy atom. The molecule has 0 rings (SSSR count). The van der Waals surface area contributed by atoms with E-state index in [0.29, 0.717) is 0 Å². The molecule has 0 saturated heterocycles. The van der Waals surface area contributed by atoms with E-state index in [1.165, 1.54) is 0 Å². The molecular formula is C5H2F7. The second kappa shape index (κ2) is 2.63. The number of alkyl halides is 7. The molecule has 0 aromatic rings. The SMILES string of the molecule is [CH]=CC(F)(C(F)(F)F)C(F)(F)F. The standard InChI is InChI=1S/C5H2F7/c1-2-3(6,4(7,8)9)5(10,11)12/h1-2H. The largest absolute Gasteiger partial charge is 0.435 e. The molecule has 0 bridgehead atoms. The summed E-state index contributed by atoms with van der Waals surface area (Å²) < 4.78 is 80.5. The molecular weight excluding hydrogens is 193 g/mol. The van der Waals surface area contributed by atoms with E-state index < -0.39 is 24.1 Å². The van der Waals surface area contributed by atoms with Crippen molar-refractivity contribution < 1.29 is 30.7 Å². The summed E-state index contributed by atoms with van der Waals surface area (Å²) in [5.74, 6) is 0. The van der Waals surface area contributed by atoms with E-state index in [9.17, 15) is 30.7 Å². The predicted molar refractivity (Wildman–Crippen MR) is 24.8 cm³/mol. The van der Waals surface area contributed by atoms with Gasteiger partial charge in [0.2, 0.25) is 0 Å². The predicted octanol–water partition coefficient (Wildman–Crippen LogP) is 2.81. The Labute approximate surface area is 62.7 Å². The van der Waals surface area contributed by atoms with Crippen LogP contribution in [0.5, 0.6) is 0 Å². The van der Waals surface area contributed by atoms with Crippen molar-refractivity contribution in [3.8, 4) is 0 Å². The minimum absolute atomic E-state index is 1.06. The van der Waals surface area contributed by atoms with E-state index in [1.54, 1.807) is 0 Å². The number of halogens is 7. The molecule has 0 heterocycles. The van der Waals surface area contributed by atoms with Crippen LogP contribution in [0.1, 0.15) is 0 Å². The third-order valence-electron chi connectivity index (χ3n) is 1.05. The van der Waals surface area contributed by atoms with Gasteiger partial charge in [-0.2, -0.15) is 26.3 Å². The molecule has 0 saturated carbocycles. The fourth-order valence-corrected chi connectivity index (χ4v) is 0.350. The van der Waals surface area contributed by atoms with Crippen molar-refractivity contribution in [2.24, 2.45) is 0 Å². The van der Waals surface area contributed by atoms with Gasteiger partial charge >= 0.3 is 18.0 Å². The highest BCUT2D eigenvalue weighted by Crippen LogP contribution is 2.46. The Balaban J connectivity index is 5.09. The molecule has 0 fully saturated rings. The van der Waals surface area contributed by atoms with Gasteiger partial charge in [-0.1, -0.05) is 6.58 Å². The van der Waals surface area contributed by atoms with E-state index in [0.717, 1.165) is 0 Å². The summed E-state index contributed by atoms with van der Waals surface area (Å²) >= 11 is 0. The molecule has 12 heavy (non-hydrogen) atoms. The molecule has 0 aliphatic carbocycles. The summed E-state index contributed by atoms with van der Waals surface area (Å²) in [5, 5.41) is 0. The smallest absolute Gasteiger partial charge is 0.219 e. The molecule has 0 amide bonds. The lowest BCUT2D eigenvalue weighted by Gasteiger charge is -2.26. The first-order chi connectivity index (χ1) is 5.06. The van der Waals surface area contributed by atoms with Gasteiger partial charge in [0.15, 0.2) is 0 Å². The average molecular weight is 195 g/mol. The van der Waals surface area contributed by atoms with Gasteiger partial charge in [0.25, 0.3) is 0 Å². The Kier molecular flexibility index (Phi) is 2.47. The van der Waals surface area contributed by atoms with Gasteiger partial charge in [-0.3, -0.25) is 0 Å². The maximum Gasteiger partial charge on any atom is 0.435 e. The monoisotopic (exact) mass is 195 g/mol. The van der Waals surface area contributed by atoms with Crippen molar-refractivity contribution in [1.82, 2.24) is 0 Å². The van der Waals surface area contributed by atoms with E-state index in [4.69, 9.17) is 0 Å². The molecule has 0 nitrogen and oxygen atoms in total. The minimum Gasteiger partial charge on any atom is -0.219 e. The van der Waals surface area contributed by atoms with Crippen molar-refractivity contribution >= 4 is 0 Å². The summed E-state index contributed by atoms with van der Waals surface area (Å²) in [7, 11) is 0. The molecule has 0 atom stereocenters. The van der Waals surface area contributed by atoms with Crippen LogP contribution >= 0.6 is 0 Å². The Hall–Kier alpha value is -0.750. The first-order valence-electron chi connectivity index (χ1n) is 2.44. The first-order valence-corrected chi connectivity index (χ1v) is 2.44. The van der Waals surface area contributed by atoms with E-state index >= 15 is 0 Å². The molecule has 0 unspecified atom stereocenters. The summed E-state index contributed by atoms with van der Waals surface area (Å²) in [6, 6.07) is 0. The van der Waals surface area contributed by atoms with Crippen LogP contribution in [0.2, 0.25) is 0 Å². The zero-order valence-corrected chi connectivity index (χ0v) is 5.30. The second-order valence-electron chi connectivity index (χ2n) is 1.87. The Bertz CT molecular complexity index is 159. The maximum absolute atomic E-state index is 12.1. The Morgan fingerprint density at radius 3 is 1.00 bits per heavy atom. The summed E-state index contributed by atoms with van der Waals surface area (Å²) in [4.78, 5) is 0. The maximum atomic E-state index is 12.1. The molecule has 0 spiro atoms. The lowest BCUT2D eigenvalue weighted by atomic mass is 10.1. The van der Waals surface area contributed by atoms with Gasteiger partial charge in [0.05, 0.1) is 0 Å². The molecule has 0 aromatic heterocycles. The van der Waals surface area contributed by atoms with E-state index in [2.05, 4.69) is 6.58 Å². The molecule has 0 aliphatic rings. The molecule has 0 N–H and O–H groups in total. The fourth-order valence-electron chi connectivity index (χ4n) is 0.350. The third kappa shape index (κ3) is 1.54. The highest BCUT2D eigenvalue weighted by atomic mass is 19.4. The summed E-state index contributed by atoms with van der Waals surface area (Å²) in [6.45, 7) is 3.94. The van der Waals surface area contributed by atoms with Crippen LogP contribution in [-0.2, 0) is 0 Å². The van der Waals surface area contributed by atoms with Crippen LogP contribution in [0, 0.1) is 6.58 Å². The van der Waals surface area contributed by atoms with Gasteiger partial charge < -0.3 is 0 Å². The van der Waals surface area contributed by atoms with Gasteiger partial charge in [0, 0.05) is 0 Å². The minimum atomic E-state index is -6.08. The zero-order chi connectivity index (χ0) is 10.2.